The van der Waals surface area contributed by atoms with E-state index in [1.54, 1.807) is 0 Å². The van der Waals surface area contributed by atoms with Crippen molar-refractivity contribution >= 4 is 31.7 Å². The molecule has 2 rings (SSSR count). The van der Waals surface area contributed by atoms with Gasteiger partial charge in [0.05, 0.1) is 12.1 Å². The Kier molecular flexibility index (Phi) is 21.6. The van der Waals surface area contributed by atoms with Crippen LogP contribution in [0, 0.1) is 0 Å². The highest BCUT2D eigenvalue weighted by Gasteiger charge is 2.47. The number of halogens is 6. The molecule has 0 bridgehead atoms. The second-order valence-corrected chi connectivity index (χ2v) is 17.4. The monoisotopic (exact) mass is 829 g/mol. The third-order valence-corrected chi connectivity index (χ3v) is 11.3. The van der Waals surface area contributed by atoms with E-state index in [-0.39, 0.29) is 6.09 Å². The minimum Gasteiger partial charge on any atom is -0.450 e. The Labute approximate surface area is 323 Å². The Hall–Kier alpha value is -3.18. The molecule has 2 aromatic rings. The summed E-state index contributed by atoms with van der Waals surface area (Å²) < 4.78 is 117. The molecular formula is C38H57F6N3O6S2. The maximum absolute atomic E-state index is 12.3. The zero-order valence-electron chi connectivity index (χ0n) is 32.3. The van der Waals surface area contributed by atoms with Crippen LogP contribution in [0.2, 0.25) is 0 Å². The van der Waals surface area contributed by atoms with Gasteiger partial charge in [0.2, 0.25) is 0 Å². The van der Waals surface area contributed by atoms with E-state index in [1.165, 1.54) is 89.0 Å². The number of aryl methyl sites for hydroxylation is 2. The minimum atomic E-state index is -6.72. The Bertz CT molecular complexity index is 1640. The molecule has 1 heterocycles. The van der Waals surface area contributed by atoms with Crippen molar-refractivity contribution in [3.8, 4) is 0 Å². The van der Waals surface area contributed by atoms with Gasteiger partial charge in [-0.1, -0.05) is 101 Å². The predicted molar refractivity (Wildman–Crippen MR) is 203 cm³/mol. The molecule has 0 saturated carbocycles. The van der Waals surface area contributed by atoms with E-state index in [0.717, 1.165) is 40.2 Å². The van der Waals surface area contributed by atoms with Crippen LogP contribution in [0.3, 0.4) is 0 Å². The van der Waals surface area contributed by atoms with Crippen LogP contribution in [-0.4, -0.2) is 40.6 Å². The van der Waals surface area contributed by atoms with Gasteiger partial charge in [0.15, 0.2) is 32.4 Å². The van der Waals surface area contributed by atoms with Crippen LogP contribution in [0.1, 0.15) is 134 Å². The van der Waals surface area contributed by atoms with Gasteiger partial charge in [-0.25, -0.2) is 26.2 Å². The van der Waals surface area contributed by atoms with Gasteiger partial charge in [0, 0.05) is 18.1 Å². The largest absolute Gasteiger partial charge is 0.480 e. The highest BCUT2D eigenvalue weighted by atomic mass is 32.3. The molecule has 0 saturated heterocycles. The number of amides is 1. The van der Waals surface area contributed by atoms with Gasteiger partial charge in [0.1, 0.15) is 6.54 Å². The van der Waals surface area contributed by atoms with Crippen LogP contribution in [0.25, 0.3) is 9.70 Å². The third kappa shape index (κ3) is 20.0. The number of hydrogen-bond donors (Lipinski definition) is 1. The first-order valence-corrected chi connectivity index (χ1v) is 21.5. The second kappa shape index (κ2) is 23.8. The predicted octanol–water partition coefficient (Wildman–Crippen LogP) is 10.8. The summed E-state index contributed by atoms with van der Waals surface area (Å²) >= 11 is 0. The van der Waals surface area contributed by atoms with Crippen molar-refractivity contribution in [3.63, 3.8) is 0 Å². The molecule has 314 valence electrons. The molecule has 1 aromatic heterocycles. The summed E-state index contributed by atoms with van der Waals surface area (Å²) in [6, 6.07) is 12.6. The summed E-state index contributed by atoms with van der Waals surface area (Å²) in [5.74, 6) is 0. The van der Waals surface area contributed by atoms with Crippen LogP contribution < -0.4 is 9.88 Å². The molecule has 1 amide bonds. The molecule has 0 aliphatic heterocycles. The first-order valence-electron chi connectivity index (χ1n) is 18.6. The number of ether oxygens (including phenoxy) is 1. The Balaban J connectivity index is 0.000000848. The lowest BCUT2D eigenvalue weighted by Crippen LogP contribution is -2.41. The number of nitrogens with one attached hydrogen (secondary N) is 1. The number of pyridine rings is 1. The van der Waals surface area contributed by atoms with Crippen LogP contribution in [0.5, 0.6) is 0 Å². The maximum Gasteiger partial charge on any atom is 0.480 e. The average molecular weight is 830 g/mol. The first kappa shape index (κ1) is 49.8. The summed E-state index contributed by atoms with van der Waals surface area (Å²) in [6.07, 6.45) is 23.2. The fourth-order valence-electron chi connectivity index (χ4n) is 5.35. The molecule has 9 nitrogen and oxygen atoms in total. The van der Waals surface area contributed by atoms with Gasteiger partial charge in [-0.3, -0.25) is 0 Å². The SMILES string of the molecule is C=C(C)c1cccc(C(C)(C)NC(=O)OCCCCCCCCCC[n+]2cccc(CCCCCCCC)c2)c1.O=S(=O)([N-]S(=O)(=O)C(F)(F)F)C(F)(F)F. The number of allylic oxidation sites excluding steroid dienone is 1. The van der Waals surface area contributed by atoms with Gasteiger partial charge in [0.25, 0.3) is 0 Å². The number of aromatic nitrogens is 1. The number of benzene rings is 1. The van der Waals surface area contributed by atoms with E-state index in [1.807, 2.05) is 39.0 Å². The van der Waals surface area contributed by atoms with Crippen molar-refractivity contribution in [2.75, 3.05) is 6.61 Å². The summed E-state index contributed by atoms with van der Waals surface area (Å²) in [6.45, 7) is 13.9. The summed E-state index contributed by atoms with van der Waals surface area (Å²) in [5.41, 5.74) is -8.28. The molecule has 0 aliphatic carbocycles. The number of alkyl carbamates (subject to hydrolysis) is 1. The fourth-order valence-corrected chi connectivity index (χ4v) is 7.05. The molecule has 55 heavy (non-hydrogen) atoms. The molecule has 1 aromatic carbocycles. The van der Waals surface area contributed by atoms with Gasteiger partial charge in [-0.05, 0) is 69.7 Å². The number of unbranched alkanes of at least 4 members (excludes halogenated alkanes) is 12. The van der Waals surface area contributed by atoms with E-state index < -0.39 is 36.6 Å². The lowest BCUT2D eigenvalue weighted by atomic mass is 9.92. The quantitative estimate of drug-likeness (QED) is 0.0675. The van der Waals surface area contributed by atoms with Gasteiger partial charge in [-0.2, -0.15) is 26.3 Å². The Morgan fingerprint density at radius 3 is 1.85 bits per heavy atom. The topological polar surface area (TPSA) is 125 Å². The number of carbonyl (C=O) groups is 1. The van der Waals surface area contributed by atoms with Crippen molar-refractivity contribution in [2.45, 2.75) is 147 Å². The molecule has 0 atom stereocenters. The Morgan fingerprint density at radius 1 is 0.782 bits per heavy atom. The zero-order chi connectivity index (χ0) is 41.8. The summed E-state index contributed by atoms with van der Waals surface area (Å²) in [7, 11) is -13.4. The molecule has 0 aliphatic rings. The normalized spacial score (nSPS) is 12.5. The van der Waals surface area contributed by atoms with Gasteiger partial charge in [-0.15, -0.1) is 0 Å². The molecule has 0 fully saturated rings. The molecular weight excluding hydrogens is 773 g/mol. The van der Waals surface area contributed by atoms with E-state index in [0.29, 0.717) is 6.61 Å². The number of rotatable bonds is 23. The van der Waals surface area contributed by atoms with Gasteiger partial charge >= 0.3 is 17.1 Å². The molecule has 0 radical (unpaired) electrons. The van der Waals surface area contributed by atoms with Crippen LogP contribution in [-0.2, 0) is 43.3 Å². The molecule has 0 spiro atoms. The summed E-state index contributed by atoms with van der Waals surface area (Å²) in [4.78, 5) is 12.3. The number of carbonyl (C=O) groups excluding carboxylic acids is 1. The van der Waals surface area contributed by atoms with Crippen LogP contribution in [0.15, 0.2) is 55.4 Å². The number of nitrogens with zero attached hydrogens (tertiary/aromatic N) is 2. The first-order chi connectivity index (χ1) is 25.5. The van der Waals surface area contributed by atoms with Crippen molar-refractivity contribution < 1.29 is 57.3 Å². The van der Waals surface area contributed by atoms with Crippen molar-refractivity contribution in [2.24, 2.45) is 0 Å². The Morgan fingerprint density at radius 2 is 1.31 bits per heavy atom. The molecule has 17 heteroatoms. The van der Waals surface area contributed by atoms with E-state index in [9.17, 15) is 48.0 Å². The number of sulfonamides is 2. The fraction of sp³-hybridized carbons (Fsp3) is 0.632. The van der Waals surface area contributed by atoms with E-state index >= 15 is 0 Å². The highest BCUT2D eigenvalue weighted by Crippen LogP contribution is 2.36. The second-order valence-electron chi connectivity index (χ2n) is 14.0. The van der Waals surface area contributed by atoms with Gasteiger partial charge < -0.3 is 14.2 Å². The molecule has 1 N–H and O–H groups in total. The highest BCUT2D eigenvalue weighted by molar-refractivity contribution is 8.13. The zero-order valence-corrected chi connectivity index (χ0v) is 33.9. The van der Waals surface area contributed by atoms with Crippen LogP contribution >= 0.6 is 0 Å². The average Bonchev–Trinajstić information content (AvgIpc) is 3.07. The maximum atomic E-state index is 12.3. The third-order valence-electron chi connectivity index (χ3n) is 8.56. The van der Waals surface area contributed by atoms with E-state index in [4.69, 9.17) is 4.74 Å². The summed E-state index contributed by atoms with van der Waals surface area (Å²) in [5, 5.41) is 3.01. The minimum absolute atomic E-state index is 0.350. The lowest BCUT2D eigenvalue weighted by molar-refractivity contribution is -0.697. The van der Waals surface area contributed by atoms with Crippen molar-refractivity contribution in [1.82, 2.24) is 5.32 Å². The standard InChI is InChI=1S/C36H56N2O2.C2F6NO4S2/c1-6-7-8-9-14-17-22-32-23-21-27-38(30-32)26-18-15-12-10-11-13-16-19-28-40-35(39)37-36(4,5)34-25-20-24-33(29-34)31(2)3;3-1(4,5)14(10,11)9-15(12,13)2(6,7)8/h20-21,23-25,27,29-30H,2,6-19,22,26,28H2,1,3-5H3;/q;-1/p+1. The van der Waals surface area contributed by atoms with E-state index in [2.05, 4.69) is 54.0 Å². The molecule has 0 unspecified atom stereocenters. The van der Waals surface area contributed by atoms with Crippen LogP contribution in [0.4, 0.5) is 31.1 Å². The smallest absolute Gasteiger partial charge is 0.450 e. The van der Waals surface area contributed by atoms with Crippen molar-refractivity contribution in [3.05, 3.63) is 76.2 Å². The lowest BCUT2D eigenvalue weighted by Gasteiger charge is -2.27. The number of hydrogen-bond acceptors (Lipinski definition) is 6. The van der Waals surface area contributed by atoms with Crippen molar-refractivity contribution in [1.29, 1.82) is 0 Å². The number of alkyl halides is 6.